The van der Waals surface area contributed by atoms with Crippen LogP contribution in [0.25, 0.3) is 11.0 Å². The molecule has 0 aliphatic heterocycles. The first kappa shape index (κ1) is 14.7. The van der Waals surface area contributed by atoms with Crippen molar-refractivity contribution in [3.63, 3.8) is 0 Å². The van der Waals surface area contributed by atoms with Crippen LogP contribution in [0.15, 0.2) is 30.6 Å². The lowest BCUT2D eigenvalue weighted by atomic mass is 10.3. The lowest BCUT2D eigenvalue weighted by molar-refractivity contribution is 0.772. The molecule has 0 radical (unpaired) electrons. The van der Waals surface area contributed by atoms with Gasteiger partial charge in [-0.1, -0.05) is 47.0 Å². The Balaban J connectivity index is 0. The third-order valence-electron chi connectivity index (χ3n) is 2.03. The molecular weight excluding hydrogens is 196 g/mol. The van der Waals surface area contributed by atoms with E-state index in [1.165, 1.54) is 19.3 Å². The van der Waals surface area contributed by atoms with Crippen molar-refractivity contribution in [3.8, 4) is 0 Å². The van der Waals surface area contributed by atoms with E-state index in [0.717, 1.165) is 11.0 Å². The van der Waals surface area contributed by atoms with Gasteiger partial charge < -0.3 is 4.98 Å². The van der Waals surface area contributed by atoms with E-state index in [4.69, 9.17) is 0 Å². The Labute approximate surface area is 101 Å². The fraction of sp³-hybridized carbons (Fsp3) is 0.500. The van der Waals surface area contributed by atoms with Gasteiger partial charge in [0.1, 0.15) is 5.65 Å². The molecule has 2 nitrogen and oxygen atoms in total. The van der Waals surface area contributed by atoms with Crippen molar-refractivity contribution in [2.24, 2.45) is 0 Å². The zero-order chi connectivity index (χ0) is 12.2. The molecule has 0 aliphatic carbocycles. The molecule has 0 aromatic carbocycles. The van der Waals surface area contributed by atoms with Gasteiger partial charge in [0, 0.05) is 19.2 Å². The zero-order valence-corrected chi connectivity index (χ0v) is 11.0. The Hall–Kier alpha value is -1.31. The SMILES string of the molecule is CC.CCCCC.[HH].c1cnc2[nH]ccc2c1. The summed E-state index contributed by atoms with van der Waals surface area (Å²) in [7, 11) is 0. The van der Waals surface area contributed by atoms with Crippen molar-refractivity contribution < 1.29 is 1.43 Å². The Bertz CT molecular complexity index is 326. The molecule has 0 fully saturated rings. The van der Waals surface area contributed by atoms with Gasteiger partial charge in [-0.2, -0.15) is 0 Å². The second-order valence-electron chi connectivity index (χ2n) is 3.27. The van der Waals surface area contributed by atoms with Crippen LogP contribution in [0.3, 0.4) is 0 Å². The first-order chi connectivity index (χ1) is 7.88. The maximum Gasteiger partial charge on any atom is 0.137 e. The van der Waals surface area contributed by atoms with E-state index in [2.05, 4.69) is 23.8 Å². The van der Waals surface area contributed by atoms with Gasteiger partial charge in [-0.05, 0) is 18.2 Å². The van der Waals surface area contributed by atoms with E-state index < -0.39 is 0 Å². The molecule has 2 rings (SSSR count). The molecular formula is C14H26N2. The number of nitrogens with zero attached hydrogens (tertiary/aromatic N) is 1. The highest BCUT2D eigenvalue weighted by Gasteiger charge is 1.88. The number of unbranched alkanes of at least 4 members (excludes halogenated alkanes) is 2. The van der Waals surface area contributed by atoms with Crippen molar-refractivity contribution in [1.29, 1.82) is 0 Å². The number of pyridine rings is 1. The van der Waals surface area contributed by atoms with Crippen LogP contribution in [0, 0.1) is 0 Å². The summed E-state index contributed by atoms with van der Waals surface area (Å²) in [5, 5.41) is 1.16. The van der Waals surface area contributed by atoms with Crippen molar-refractivity contribution >= 4 is 11.0 Å². The molecule has 0 saturated carbocycles. The molecule has 1 N–H and O–H groups in total. The largest absolute Gasteiger partial charge is 0.346 e. The molecule has 0 aliphatic rings. The van der Waals surface area contributed by atoms with Crippen molar-refractivity contribution in [1.82, 2.24) is 9.97 Å². The van der Waals surface area contributed by atoms with Crippen LogP contribution in [0.1, 0.15) is 48.4 Å². The summed E-state index contributed by atoms with van der Waals surface area (Å²) in [5.41, 5.74) is 0.956. The van der Waals surface area contributed by atoms with Crippen molar-refractivity contribution in [3.05, 3.63) is 30.6 Å². The second-order valence-corrected chi connectivity index (χ2v) is 3.27. The van der Waals surface area contributed by atoms with E-state index in [1.807, 2.05) is 38.2 Å². The van der Waals surface area contributed by atoms with Gasteiger partial charge in [-0.25, -0.2) is 4.98 Å². The van der Waals surface area contributed by atoms with Crippen LogP contribution in [0.2, 0.25) is 0 Å². The summed E-state index contributed by atoms with van der Waals surface area (Å²) in [6, 6.07) is 5.96. The minimum absolute atomic E-state index is 0. The number of hydrogen-bond donors (Lipinski definition) is 1. The fourth-order valence-corrected chi connectivity index (χ4v) is 1.24. The van der Waals surface area contributed by atoms with Crippen LogP contribution in [0.5, 0.6) is 0 Å². The molecule has 2 aromatic heterocycles. The summed E-state index contributed by atoms with van der Waals surface area (Å²) < 4.78 is 0. The molecule has 16 heavy (non-hydrogen) atoms. The van der Waals surface area contributed by atoms with Gasteiger partial charge in [-0.15, -0.1) is 0 Å². The topological polar surface area (TPSA) is 28.7 Å². The lowest BCUT2D eigenvalue weighted by Gasteiger charge is -1.82. The van der Waals surface area contributed by atoms with Crippen LogP contribution in [-0.2, 0) is 0 Å². The molecule has 0 amide bonds. The highest BCUT2D eigenvalue weighted by atomic mass is 14.8. The quantitative estimate of drug-likeness (QED) is 0.758. The summed E-state index contributed by atoms with van der Waals surface area (Å²) in [6.07, 6.45) is 7.74. The van der Waals surface area contributed by atoms with E-state index in [9.17, 15) is 0 Å². The number of H-pyrrole nitrogens is 1. The average molecular weight is 222 g/mol. The van der Waals surface area contributed by atoms with Crippen LogP contribution >= 0.6 is 0 Å². The minimum atomic E-state index is 0. The number of fused-ring (bicyclic) bond motifs is 1. The Morgan fingerprint density at radius 1 is 1.19 bits per heavy atom. The standard InChI is InChI=1S/C7H6N2.C5H12.C2H6.H2/c1-2-6-3-5-9-7(6)8-4-1;1-3-5-4-2;1-2;/h1-5H,(H,8,9);3-5H2,1-2H3;1-2H3;1H. The lowest BCUT2D eigenvalue weighted by Crippen LogP contribution is -1.70. The average Bonchev–Trinajstić information content (AvgIpc) is 2.81. The first-order valence-corrected chi connectivity index (χ1v) is 6.26. The number of hydrogen-bond acceptors (Lipinski definition) is 1. The molecule has 0 atom stereocenters. The Morgan fingerprint density at radius 3 is 2.38 bits per heavy atom. The monoisotopic (exact) mass is 222 g/mol. The third-order valence-corrected chi connectivity index (χ3v) is 2.03. The third kappa shape index (κ3) is 5.54. The molecule has 0 unspecified atom stereocenters. The second kappa shape index (κ2) is 10.2. The van der Waals surface area contributed by atoms with Crippen LogP contribution < -0.4 is 0 Å². The summed E-state index contributed by atoms with van der Waals surface area (Å²) in [5.74, 6) is 0. The van der Waals surface area contributed by atoms with Crippen molar-refractivity contribution in [2.75, 3.05) is 0 Å². The predicted octanol–water partition coefficient (Wildman–Crippen LogP) is 5.03. The van der Waals surface area contributed by atoms with Gasteiger partial charge in [0.15, 0.2) is 0 Å². The van der Waals surface area contributed by atoms with Gasteiger partial charge in [0.25, 0.3) is 0 Å². The summed E-state index contributed by atoms with van der Waals surface area (Å²) in [6.45, 7) is 8.42. The number of nitrogens with one attached hydrogen (secondary N) is 1. The highest BCUT2D eigenvalue weighted by molar-refractivity contribution is 5.74. The molecule has 2 heterocycles. The van der Waals surface area contributed by atoms with Gasteiger partial charge in [0.2, 0.25) is 0 Å². The normalized spacial score (nSPS) is 8.75. The fourth-order valence-electron chi connectivity index (χ4n) is 1.24. The van der Waals surface area contributed by atoms with E-state index in [-0.39, 0.29) is 1.43 Å². The summed E-state index contributed by atoms with van der Waals surface area (Å²) in [4.78, 5) is 7.09. The minimum Gasteiger partial charge on any atom is -0.346 e. The Kier molecular flexibility index (Phi) is 9.38. The first-order valence-electron chi connectivity index (χ1n) is 6.26. The van der Waals surface area contributed by atoms with Gasteiger partial charge in [-0.3, -0.25) is 0 Å². The van der Waals surface area contributed by atoms with E-state index in [0.29, 0.717) is 0 Å². The van der Waals surface area contributed by atoms with E-state index >= 15 is 0 Å². The van der Waals surface area contributed by atoms with Crippen molar-refractivity contribution in [2.45, 2.75) is 47.0 Å². The molecule has 0 spiro atoms. The van der Waals surface area contributed by atoms with Crippen LogP contribution in [0.4, 0.5) is 0 Å². The molecule has 2 heteroatoms. The molecule has 92 valence electrons. The molecule has 2 aromatic rings. The van der Waals surface area contributed by atoms with Gasteiger partial charge >= 0.3 is 0 Å². The maximum absolute atomic E-state index is 4.09. The number of aromatic amines is 1. The molecule has 0 bridgehead atoms. The number of rotatable bonds is 2. The zero-order valence-electron chi connectivity index (χ0n) is 11.0. The molecule has 0 saturated heterocycles. The number of aromatic nitrogens is 2. The smallest absolute Gasteiger partial charge is 0.137 e. The maximum atomic E-state index is 4.09. The van der Waals surface area contributed by atoms with Gasteiger partial charge in [0.05, 0.1) is 0 Å². The Morgan fingerprint density at radius 2 is 1.88 bits per heavy atom. The van der Waals surface area contributed by atoms with Crippen LogP contribution in [-0.4, -0.2) is 9.97 Å². The summed E-state index contributed by atoms with van der Waals surface area (Å²) >= 11 is 0. The highest BCUT2D eigenvalue weighted by Crippen LogP contribution is 2.05. The predicted molar refractivity (Wildman–Crippen MR) is 74.8 cm³/mol. The van der Waals surface area contributed by atoms with E-state index in [1.54, 1.807) is 6.20 Å².